The Morgan fingerprint density at radius 3 is 2.64 bits per heavy atom. The lowest BCUT2D eigenvalue weighted by Gasteiger charge is -2.33. The minimum Gasteiger partial charge on any atom is -0.481 e. The van der Waals surface area contributed by atoms with E-state index < -0.39 is 5.97 Å². The zero-order chi connectivity index (χ0) is 25.7. The van der Waals surface area contributed by atoms with Crippen LogP contribution >= 0.6 is 11.6 Å². The molecule has 9 heteroatoms. The first-order valence-electron chi connectivity index (χ1n) is 12.1. The van der Waals surface area contributed by atoms with Crippen LogP contribution in [0, 0.1) is 0 Å². The SMILES string of the molecule is CCCCCC1CN(CC(=O)Nc2cccc(CC(=O)O)c2)C(=O)c2cc(-c3ccc(Cl)cc3)nn21. The standard InChI is InChI=1S/C27H29ClN4O4/c1-2-3-4-8-22-16-31(17-25(33)29-21-7-5-6-18(13-21)14-26(34)35)27(36)24-15-23(30-32(22)24)19-9-11-20(28)12-10-19/h5-7,9-13,15,22H,2-4,8,14,16-17H2,1H3,(H,29,33)(H,34,35). The van der Waals surface area contributed by atoms with Gasteiger partial charge in [-0.1, -0.05) is 62.1 Å². The van der Waals surface area contributed by atoms with Crippen molar-refractivity contribution in [2.75, 3.05) is 18.4 Å². The number of carbonyl (C=O) groups excluding carboxylic acids is 2. The molecule has 1 atom stereocenters. The monoisotopic (exact) mass is 508 g/mol. The molecule has 2 aromatic carbocycles. The Balaban J connectivity index is 1.52. The average molecular weight is 509 g/mol. The van der Waals surface area contributed by atoms with Crippen molar-refractivity contribution in [3.05, 3.63) is 70.9 Å². The number of hydrogen-bond donors (Lipinski definition) is 2. The highest BCUT2D eigenvalue weighted by molar-refractivity contribution is 6.30. The third-order valence-corrected chi connectivity index (χ3v) is 6.45. The van der Waals surface area contributed by atoms with Crippen LogP contribution in [0.4, 0.5) is 5.69 Å². The number of fused-ring (bicyclic) bond motifs is 1. The van der Waals surface area contributed by atoms with E-state index in [-0.39, 0.29) is 30.8 Å². The molecule has 0 bridgehead atoms. The molecule has 1 aliphatic heterocycles. The molecule has 1 aliphatic rings. The van der Waals surface area contributed by atoms with Gasteiger partial charge in [-0.05, 0) is 42.3 Å². The Labute approximate surface area is 214 Å². The number of carbonyl (C=O) groups is 3. The van der Waals surface area contributed by atoms with Crippen LogP contribution in [-0.2, 0) is 16.0 Å². The van der Waals surface area contributed by atoms with E-state index in [2.05, 4.69) is 12.2 Å². The van der Waals surface area contributed by atoms with Gasteiger partial charge in [-0.25, -0.2) is 0 Å². The highest BCUT2D eigenvalue weighted by Crippen LogP contribution is 2.30. The Kier molecular flexibility index (Phi) is 8.05. The van der Waals surface area contributed by atoms with E-state index in [1.54, 1.807) is 47.4 Å². The molecular formula is C27H29ClN4O4. The Morgan fingerprint density at radius 2 is 1.92 bits per heavy atom. The first kappa shape index (κ1) is 25.4. The molecule has 0 radical (unpaired) electrons. The molecule has 2 heterocycles. The molecule has 0 saturated carbocycles. The molecule has 2 amide bonds. The maximum atomic E-state index is 13.4. The number of aromatic nitrogens is 2. The first-order valence-corrected chi connectivity index (χ1v) is 12.5. The summed E-state index contributed by atoms with van der Waals surface area (Å²) in [4.78, 5) is 38.7. The lowest BCUT2D eigenvalue weighted by molar-refractivity contribution is -0.136. The zero-order valence-corrected chi connectivity index (χ0v) is 20.9. The van der Waals surface area contributed by atoms with Crippen molar-refractivity contribution in [1.29, 1.82) is 0 Å². The highest BCUT2D eigenvalue weighted by atomic mass is 35.5. The first-order chi connectivity index (χ1) is 17.3. The number of nitrogens with zero attached hydrogens (tertiary/aromatic N) is 3. The largest absolute Gasteiger partial charge is 0.481 e. The molecule has 0 saturated heterocycles. The van der Waals surface area contributed by atoms with Crippen molar-refractivity contribution in [2.24, 2.45) is 0 Å². The number of carboxylic acids is 1. The van der Waals surface area contributed by atoms with E-state index >= 15 is 0 Å². The van der Waals surface area contributed by atoms with Gasteiger partial charge in [-0.15, -0.1) is 0 Å². The van der Waals surface area contributed by atoms with Gasteiger partial charge in [-0.3, -0.25) is 19.1 Å². The number of amides is 2. The van der Waals surface area contributed by atoms with Gasteiger partial charge in [0.2, 0.25) is 5.91 Å². The summed E-state index contributed by atoms with van der Waals surface area (Å²) < 4.78 is 1.81. The molecule has 1 unspecified atom stereocenters. The summed E-state index contributed by atoms with van der Waals surface area (Å²) in [5.41, 5.74) is 3.11. The second-order valence-electron chi connectivity index (χ2n) is 9.02. The Bertz CT molecular complexity index is 1250. The van der Waals surface area contributed by atoms with Crippen molar-refractivity contribution in [3.8, 4) is 11.3 Å². The predicted octanol–water partition coefficient (Wildman–Crippen LogP) is 5.05. The number of anilines is 1. The van der Waals surface area contributed by atoms with Crippen LogP contribution in [0.5, 0.6) is 0 Å². The smallest absolute Gasteiger partial charge is 0.307 e. The van der Waals surface area contributed by atoms with E-state index in [0.29, 0.717) is 34.2 Å². The van der Waals surface area contributed by atoms with Gasteiger partial charge in [0.05, 0.1) is 18.2 Å². The lowest BCUT2D eigenvalue weighted by Crippen LogP contribution is -2.46. The van der Waals surface area contributed by atoms with E-state index in [1.807, 2.05) is 16.8 Å². The maximum absolute atomic E-state index is 13.4. The highest BCUT2D eigenvalue weighted by Gasteiger charge is 2.33. The van der Waals surface area contributed by atoms with Crippen LogP contribution in [0.1, 0.15) is 54.7 Å². The van der Waals surface area contributed by atoms with Crippen LogP contribution in [0.3, 0.4) is 0 Å². The quantitative estimate of drug-likeness (QED) is 0.373. The number of halogens is 1. The molecule has 2 N–H and O–H groups in total. The molecule has 0 spiro atoms. The van der Waals surface area contributed by atoms with Crippen LogP contribution < -0.4 is 5.32 Å². The van der Waals surface area contributed by atoms with Crippen molar-refractivity contribution in [1.82, 2.24) is 14.7 Å². The summed E-state index contributed by atoms with van der Waals surface area (Å²) in [7, 11) is 0. The number of aliphatic carboxylic acids is 1. The molecule has 1 aromatic heterocycles. The molecule has 0 fully saturated rings. The van der Waals surface area contributed by atoms with E-state index in [1.165, 1.54) is 0 Å². The predicted molar refractivity (Wildman–Crippen MR) is 138 cm³/mol. The van der Waals surface area contributed by atoms with Crippen LogP contribution in [0.2, 0.25) is 5.02 Å². The summed E-state index contributed by atoms with van der Waals surface area (Å²) in [5, 5.41) is 17.2. The zero-order valence-electron chi connectivity index (χ0n) is 20.1. The van der Waals surface area contributed by atoms with Gasteiger partial charge in [0.15, 0.2) is 0 Å². The van der Waals surface area contributed by atoms with Gasteiger partial charge in [0.25, 0.3) is 5.91 Å². The van der Waals surface area contributed by atoms with Gasteiger partial charge in [0, 0.05) is 22.8 Å². The number of nitrogens with one attached hydrogen (secondary N) is 1. The summed E-state index contributed by atoms with van der Waals surface area (Å²) in [5.74, 6) is -1.53. The van der Waals surface area contributed by atoms with Crippen LogP contribution in [0.15, 0.2) is 54.6 Å². The number of hydrogen-bond acceptors (Lipinski definition) is 4. The third kappa shape index (κ3) is 6.12. The minimum absolute atomic E-state index is 0.0306. The van der Waals surface area contributed by atoms with Crippen molar-refractivity contribution >= 4 is 35.1 Å². The molecule has 3 aromatic rings. The fourth-order valence-electron chi connectivity index (χ4n) is 4.46. The third-order valence-electron chi connectivity index (χ3n) is 6.20. The molecule has 188 valence electrons. The van der Waals surface area contributed by atoms with Crippen LogP contribution in [0.25, 0.3) is 11.3 Å². The molecule has 36 heavy (non-hydrogen) atoms. The lowest BCUT2D eigenvalue weighted by atomic mass is 10.0. The van der Waals surface area contributed by atoms with Crippen molar-refractivity contribution in [3.63, 3.8) is 0 Å². The van der Waals surface area contributed by atoms with Gasteiger partial charge >= 0.3 is 5.97 Å². The van der Waals surface area contributed by atoms with Crippen molar-refractivity contribution < 1.29 is 19.5 Å². The molecule has 8 nitrogen and oxygen atoms in total. The van der Waals surface area contributed by atoms with Crippen LogP contribution in [-0.4, -0.2) is 50.7 Å². The molecule has 4 rings (SSSR count). The Morgan fingerprint density at radius 1 is 1.14 bits per heavy atom. The minimum atomic E-state index is -0.943. The van der Waals surface area contributed by atoms with Crippen molar-refractivity contribution in [2.45, 2.75) is 45.1 Å². The summed E-state index contributed by atoms with van der Waals surface area (Å²) in [6, 6.07) is 15.8. The summed E-state index contributed by atoms with van der Waals surface area (Å²) in [6.07, 6.45) is 3.89. The molecular weight excluding hydrogens is 480 g/mol. The fraction of sp³-hybridized carbons (Fsp3) is 0.333. The Hall–Kier alpha value is -3.65. The van der Waals surface area contributed by atoms with Gasteiger partial charge in [-0.2, -0.15) is 5.10 Å². The summed E-state index contributed by atoms with van der Waals surface area (Å²) in [6.45, 7) is 2.43. The molecule has 0 aliphatic carbocycles. The maximum Gasteiger partial charge on any atom is 0.307 e. The second kappa shape index (κ2) is 11.4. The number of benzene rings is 2. The second-order valence-corrected chi connectivity index (χ2v) is 9.46. The average Bonchev–Trinajstić information content (AvgIpc) is 3.28. The number of carboxylic acid groups (broad SMARTS) is 1. The fourth-order valence-corrected chi connectivity index (χ4v) is 4.58. The van der Waals surface area contributed by atoms with Gasteiger partial charge in [0.1, 0.15) is 12.2 Å². The van der Waals surface area contributed by atoms with E-state index in [4.69, 9.17) is 21.8 Å². The van der Waals surface area contributed by atoms with E-state index in [9.17, 15) is 14.4 Å². The summed E-state index contributed by atoms with van der Waals surface area (Å²) >= 11 is 6.02. The normalized spacial score (nSPS) is 15.0. The van der Waals surface area contributed by atoms with E-state index in [0.717, 1.165) is 31.2 Å². The topological polar surface area (TPSA) is 105 Å². The number of rotatable bonds is 10. The number of unbranched alkanes of at least 4 members (excludes halogenated alkanes) is 2. The van der Waals surface area contributed by atoms with Gasteiger partial charge < -0.3 is 15.3 Å².